The molecule has 6 nitrogen and oxygen atoms in total. The lowest BCUT2D eigenvalue weighted by atomic mass is 10.1. The summed E-state index contributed by atoms with van der Waals surface area (Å²) >= 11 is 11.9. The molecule has 138 valence electrons. The van der Waals surface area contributed by atoms with Gasteiger partial charge in [-0.1, -0.05) is 46.6 Å². The van der Waals surface area contributed by atoms with Crippen LogP contribution < -0.4 is 5.32 Å². The lowest BCUT2D eigenvalue weighted by Crippen LogP contribution is -2.30. The van der Waals surface area contributed by atoms with Gasteiger partial charge in [0.2, 0.25) is 0 Å². The van der Waals surface area contributed by atoms with Crippen LogP contribution in [0.15, 0.2) is 52.0 Å². The van der Waals surface area contributed by atoms with Gasteiger partial charge in [-0.25, -0.2) is 4.98 Å². The summed E-state index contributed by atoms with van der Waals surface area (Å²) in [6.45, 7) is 0.324. The summed E-state index contributed by atoms with van der Waals surface area (Å²) in [5.74, 6) is 0.287. The highest BCUT2D eigenvalue weighted by atomic mass is 35.5. The molecule has 0 unspecified atom stereocenters. The highest BCUT2D eigenvalue weighted by Crippen LogP contribution is 2.23. The van der Waals surface area contributed by atoms with Crippen molar-refractivity contribution >= 4 is 45.9 Å². The maximum Gasteiger partial charge on any atom is 0.269 e. The largest absolute Gasteiger partial charge is 0.441 e. The van der Waals surface area contributed by atoms with Crippen LogP contribution in [-0.2, 0) is 22.6 Å². The molecule has 27 heavy (non-hydrogen) atoms. The fraction of sp³-hybridized carbons (Fsp3) is 0.211. The zero-order valence-corrected chi connectivity index (χ0v) is 15.6. The van der Waals surface area contributed by atoms with E-state index in [0.29, 0.717) is 41.0 Å². The zero-order valence-electron chi connectivity index (χ0n) is 14.1. The molecular weight excluding hydrogens is 389 g/mol. The second-order valence-electron chi connectivity index (χ2n) is 6.18. The first-order chi connectivity index (χ1) is 13.1. The predicted octanol–water partition coefficient (Wildman–Crippen LogP) is 4.14. The molecule has 1 aliphatic heterocycles. The third kappa shape index (κ3) is 4.07. The van der Waals surface area contributed by atoms with E-state index in [1.54, 1.807) is 18.2 Å². The third-order valence-electron chi connectivity index (χ3n) is 4.17. The normalized spacial score (nSPS) is 16.2. The van der Waals surface area contributed by atoms with Crippen LogP contribution in [0.5, 0.6) is 0 Å². The molecule has 0 fully saturated rings. The van der Waals surface area contributed by atoms with Crippen molar-refractivity contribution in [1.82, 2.24) is 10.3 Å². The van der Waals surface area contributed by atoms with Gasteiger partial charge in [0, 0.05) is 13.0 Å². The second-order valence-corrected chi connectivity index (χ2v) is 6.99. The standard InChI is InChI=1S/C19H15Cl2N3O3/c20-13-6-5-11(7-14(13)21)10-22-19(25)16-8-12(27-24-16)9-18-23-15-3-1-2-4-17(15)26-18/h1-7,12H,8-10H2,(H,22,25)/t12-/m1/s1. The minimum Gasteiger partial charge on any atom is -0.441 e. The van der Waals surface area contributed by atoms with Gasteiger partial charge in [0.05, 0.1) is 16.5 Å². The van der Waals surface area contributed by atoms with Crippen molar-refractivity contribution in [2.75, 3.05) is 0 Å². The van der Waals surface area contributed by atoms with Crippen LogP contribution in [0, 0.1) is 0 Å². The Bertz CT molecular complexity index is 999. The van der Waals surface area contributed by atoms with E-state index in [-0.39, 0.29) is 12.0 Å². The molecule has 1 aromatic heterocycles. The number of nitrogens with one attached hydrogen (secondary N) is 1. The molecule has 0 bridgehead atoms. The Balaban J connectivity index is 1.31. The molecule has 0 radical (unpaired) electrons. The molecule has 2 heterocycles. The second kappa shape index (κ2) is 7.58. The van der Waals surface area contributed by atoms with Gasteiger partial charge >= 0.3 is 0 Å². The summed E-state index contributed by atoms with van der Waals surface area (Å²) in [6.07, 6.45) is 0.567. The molecule has 8 heteroatoms. The van der Waals surface area contributed by atoms with E-state index in [1.165, 1.54) is 0 Å². The molecule has 1 N–H and O–H groups in total. The van der Waals surface area contributed by atoms with E-state index < -0.39 is 0 Å². The molecule has 1 atom stereocenters. The van der Waals surface area contributed by atoms with Gasteiger partial charge in [-0.15, -0.1) is 0 Å². The number of rotatable bonds is 5. The molecule has 0 saturated heterocycles. The minimum absolute atomic E-state index is 0.274. The molecular formula is C19H15Cl2N3O3. The van der Waals surface area contributed by atoms with Crippen molar-refractivity contribution in [3.05, 3.63) is 64.0 Å². The number of hydrogen-bond acceptors (Lipinski definition) is 5. The van der Waals surface area contributed by atoms with Crippen molar-refractivity contribution in [3.8, 4) is 0 Å². The number of benzene rings is 2. The lowest BCUT2D eigenvalue weighted by Gasteiger charge is -2.06. The van der Waals surface area contributed by atoms with Crippen LogP contribution in [0.1, 0.15) is 17.9 Å². The van der Waals surface area contributed by atoms with Gasteiger partial charge in [0.25, 0.3) is 5.91 Å². The SMILES string of the molecule is O=C(NCc1ccc(Cl)c(Cl)c1)C1=NO[C@@H](Cc2nc3ccccc3o2)C1. The monoisotopic (exact) mass is 403 g/mol. The molecule has 2 aromatic carbocycles. The van der Waals surface area contributed by atoms with Gasteiger partial charge in [0.15, 0.2) is 11.5 Å². The van der Waals surface area contributed by atoms with Crippen LogP contribution in [-0.4, -0.2) is 22.7 Å². The third-order valence-corrected chi connectivity index (χ3v) is 4.91. The summed E-state index contributed by atoms with van der Waals surface area (Å²) in [4.78, 5) is 22.1. The number of nitrogens with zero attached hydrogens (tertiary/aromatic N) is 2. The topological polar surface area (TPSA) is 76.7 Å². The fourth-order valence-corrected chi connectivity index (χ4v) is 3.13. The Morgan fingerprint density at radius 2 is 2.04 bits per heavy atom. The van der Waals surface area contributed by atoms with Crippen LogP contribution in [0.4, 0.5) is 0 Å². The number of amides is 1. The molecule has 0 spiro atoms. The molecule has 1 amide bonds. The smallest absolute Gasteiger partial charge is 0.269 e. The summed E-state index contributed by atoms with van der Waals surface area (Å²) in [7, 11) is 0. The number of para-hydroxylation sites is 2. The Morgan fingerprint density at radius 3 is 2.85 bits per heavy atom. The Morgan fingerprint density at radius 1 is 1.19 bits per heavy atom. The van der Waals surface area contributed by atoms with E-state index in [4.69, 9.17) is 32.5 Å². The fourth-order valence-electron chi connectivity index (χ4n) is 2.81. The molecule has 0 aliphatic carbocycles. The quantitative estimate of drug-likeness (QED) is 0.694. The minimum atomic E-state index is -0.277. The molecule has 0 saturated carbocycles. The van der Waals surface area contributed by atoms with Gasteiger partial charge in [-0.2, -0.15) is 0 Å². The van der Waals surface area contributed by atoms with Crippen molar-refractivity contribution in [2.45, 2.75) is 25.5 Å². The first-order valence-electron chi connectivity index (χ1n) is 8.38. The van der Waals surface area contributed by atoms with Crippen molar-refractivity contribution in [1.29, 1.82) is 0 Å². The van der Waals surface area contributed by atoms with Crippen molar-refractivity contribution in [2.24, 2.45) is 5.16 Å². The van der Waals surface area contributed by atoms with Crippen LogP contribution in [0.2, 0.25) is 10.0 Å². The van der Waals surface area contributed by atoms with Crippen LogP contribution in [0.3, 0.4) is 0 Å². The first-order valence-corrected chi connectivity index (χ1v) is 9.13. The average Bonchev–Trinajstić information content (AvgIpc) is 3.29. The number of oxime groups is 1. The Kier molecular flexibility index (Phi) is 5.01. The number of carbonyl (C=O) groups is 1. The summed E-state index contributed by atoms with van der Waals surface area (Å²) in [5, 5.41) is 7.62. The van der Waals surface area contributed by atoms with Gasteiger partial charge in [-0.3, -0.25) is 4.79 Å². The number of fused-ring (bicyclic) bond motifs is 1. The number of aromatic nitrogens is 1. The molecule has 1 aliphatic rings. The summed E-state index contributed by atoms with van der Waals surface area (Å²) in [5.41, 5.74) is 2.72. The molecule has 3 aromatic rings. The zero-order chi connectivity index (χ0) is 18.8. The van der Waals surface area contributed by atoms with Gasteiger partial charge < -0.3 is 14.6 Å². The molecule has 4 rings (SSSR count). The Labute approximate surface area is 165 Å². The first kappa shape index (κ1) is 17.8. The highest BCUT2D eigenvalue weighted by Gasteiger charge is 2.27. The maximum atomic E-state index is 12.3. The van der Waals surface area contributed by atoms with Crippen LogP contribution >= 0.6 is 23.2 Å². The number of halogens is 2. The maximum absolute atomic E-state index is 12.3. The van der Waals surface area contributed by atoms with Crippen molar-refractivity contribution in [3.63, 3.8) is 0 Å². The highest BCUT2D eigenvalue weighted by molar-refractivity contribution is 6.42. The van der Waals surface area contributed by atoms with E-state index in [2.05, 4.69) is 15.5 Å². The van der Waals surface area contributed by atoms with E-state index in [9.17, 15) is 4.79 Å². The van der Waals surface area contributed by atoms with Gasteiger partial charge in [0.1, 0.15) is 17.3 Å². The van der Waals surface area contributed by atoms with E-state index >= 15 is 0 Å². The van der Waals surface area contributed by atoms with E-state index in [0.717, 1.165) is 16.7 Å². The number of carbonyl (C=O) groups excluding carboxylic acids is 1. The van der Waals surface area contributed by atoms with Crippen LogP contribution in [0.25, 0.3) is 11.1 Å². The summed E-state index contributed by atoms with van der Waals surface area (Å²) in [6, 6.07) is 12.8. The van der Waals surface area contributed by atoms with E-state index in [1.807, 2.05) is 24.3 Å². The number of oxazole rings is 1. The van der Waals surface area contributed by atoms with Gasteiger partial charge in [-0.05, 0) is 29.8 Å². The predicted molar refractivity (Wildman–Crippen MR) is 103 cm³/mol. The Hall–Kier alpha value is -2.57. The van der Waals surface area contributed by atoms with Crippen molar-refractivity contribution < 1.29 is 14.0 Å². The lowest BCUT2D eigenvalue weighted by molar-refractivity contribution is -0.115. The average molecular weight is 404 g/mol. The summed E-state index contributed by atoms with van der Waals surface area (Å²) < 4.78 is 5.69. The number of hydrogen-bond donors (Lipinski definition) is 1.